The summed E-state index contributed by atoms with van der Waals surface area (Å²) < 4.78 is 0. The molecular formula is C15H13ClN4O. The fourth-order valence-electron chi connectivity index (χ4n) is 2.38. The number of imidazole rings is 1. The van der Waals surface area contributed by atoms with Crippen molar-refractivity contribution < 1.29 is 0 Å². The Hall–Kier alpha value is -2.27. The molecular weight excluding hydrogens is 288 g/mol. The first kappa shape index (κ1) is 12.5. The molecule has 3 N–H and O–H groups in total. The monoisotopic (exact) mass is 300 g/mol. The van der Waals surface area contributed by atoms with Gasteiger partial charge in [-0.3, -0.25) is 4.79 Å². The molecule has 0 radical (unpaired) electrons. The second kappa shape index (κ2) is 4.63. The Morgan fingerprint density at radius 3 is 3.00 bits per heavy atom. The lowest BCUT2D eigenvalue weighted by atomic mass is 10.2. The number of pyridine rings is 1. The molecule has 0 spiro atoms. The summed E-state index contributed by atoms with van der Waals surface area (Å²) in [6.45, 7) is 0. The van der Waals surface area contributed by atoms with E-state index < -0.39 is 0 Å². The summed E-state index contributed by atoms with van der Waals surface area (Å²) in [5.74, 6) is 0.600. The van der Waals surface area contributed by atoms with Gasteiger partial charge in [-0.25, -0.2) is 4.98 Å². The number of halogens is 1. The van der Waals surface area contributed by atoms with Crippen LogP contribution in [-0.4, -0.2) is 19.9 Å². The fraction of sp³-hybridized carbons (Fsp3) is 0.200. The first-order chi connectivity index (χ1) is 10.2. The van der Waals surface area contributed by atoms with Crippen LogP contribution >= 0.6 is 11.6 Å². The summed E-state index contributed by atoms with van der Waals surface area (Å²) in [5.41, 5.74) is 2.29. The zero-order valence-electron chi connectivity index (χ0n) is 11.1. The number of nitrogens with one attached hydrogen (secondary N) is 3. The van der Waals surface area contributed by atoms with Gasteiger partial charge in [-0.15, -0.1) is 0 Å². The average molecular weight is 301 g/mol. The van der Waals surface area contributed by atoms with Gasteiger partial charge in [0.1, 0.15) is 16.5 Å². The van der Waals surface area contributed by atoms with E-state index in [9.17, 15) is 4.79 Å². The number of fused-ring (bicyclic) bond motifs is 1. The van der Waals surface area contributed by atoms with E-state index in [4.69, 9.17) is 11.6 Å². The predicted molar refractivity (Wildman–Crippen MR) is 82.5 cm³/mol. The van der Waals surface area contributed by atoms with Gasteiger partial charge >= 0.3 is 0 Å². The molecule has 3 heterocycles. The van der Waals surface area contributed by atoms with Crippen LogP contribution in [0, 0.1) is 5.92 Å². The third-order valence-corrected chi connectivity index (χ3v) is 3.82. The summed E-state index contributed by atoms with van der Waals surface area (Å²) >= 11 is 5.98. The molecule has 0 bridgehead atoms. The van der Waals surface area contributed by atoms with E-state index in [1.807, 2.05) is 12.3 Å². The first-order valence-corrected chi connectivity index (χ1v) is 7.21. The van der Waals surface area contributed by atoms with Gasteiger partial charge in [0, 0.05) is 23.3 Å². The van der Waals surface area contributed by atoms with Crippen molar-refractivity contribution in [1.29, 1.82) is 0 Å². The minimum Gasteiger partial charge on any atom is -0.346 e. The summed E-state index contributed by atoms with van der Waals surface area (Å²) in [6, 6.07) is 1.83. The van der Waals surface area contributed by atoms with E-state index >= 15 is 0 Å². The van der Waals surface area contributed by atoms with E-state index in [1.165, 1.54) is 12.8 Å². The molecule has 0 unspecified atom stereocenters. The van der Waals surface area contributed by atoms with Crippen LogP contribution < -0.4 is 16.4 Å². The van der Waals surface area contributed by atoms with Crippen molar-refractivity contribution in [3.63, 3.8) is 0 Å². The maximum atomic E-state index is 12.0. The topological polar surface area (TPSA) is 77.3 Å². The van der Waals surface area contributed by atoms with Crippen molar-refractivity contribution >= 4 is 34.8 Å². The molecule has 0 aliphatic heterocycles. The van der Waals surface area contributed by atoms with Crippen LogP contribution in [0.1, 0.15) is 18.4 Å². The lowest BCUT2D eigenvalue weighted by Crippen LogP contribution is -2.22. The zero-order valence-corrected chi connectivity index (χ0v) is 11.9. The SMILES string of the molecule is O=c1[nH]/c(=C/C2CC2)[nH]/c1=C\c1c[nH]c2ncc(Cl)cc12. The molecule has 3 aromatic rings. The number of aromatic nitrogens is 4. The van der Waals surface area contributed by atoms with Crippen LogP contribution in [0.5, 0.6) is 0 Å². The van der Waals surface area contributed by atoms with Crippen LogP contribution in [0.15, 0.2) is 23.3 Å². The van der Waals surface area contributed by atoms with Gasteiger partial charge in [0.25, 0.3) is 5.56 Å². The number of hydrogen-bond acceptors (Lipinski definition) is 2. The molecule has 3 aromatic heterocycles. The summed E-state index contributed by atoms with van der Waals surface area (Å²) in [4.78, 5) is 25.2. The maximum absolute atomic E-state index is 12.0. The van der Waals surface area contributed by atoms with E-state index in [0.717, 1.165) is 22.1 Å². The van der Waals surface area contributed by atoms with Crippen LogP contribution in [0.4, 0.5) is 0 Å². The molecule has 5 nitrogen and oxygen atoms in total. The molecule has 1 fully saturated rings. The minimum atomic E-state index is -0.119. The van der Waals surface area contributed by atoms with Gasteiger partial charge < -0.3 is 15.0 Å². The Bertz CT molecular complexity index is 991. The van der Waals surface area contributed by atoms with Crippen molar-refractivity contribution in [2.45, 2.75) is 12.8 Å². The summed E-state index contributed by atoms with van der Waals surface area (Å²) in [7, 11) is 0. The number of nitrogens with zero attached hydrogens (tertiary/aromatic N) is 1. The normalized spacial score (nSPS) is 17.0. The third-order valence-electron chi connectivity index (χ3n) is 3.62. The third kappa shape index (κ3) is 2.40. The predicted octanol–water partition coefficient (Wildman–Crippen LogP) is 1.25. The van der Waals surface area contributed by atoms with Gasteiger partial charge in [-0.2, -0.15) is 0 Å². The van der Waals surface area contributed by atoms with Crippen molar-refractivity contribution in [3.8, 4) is 0 Å². The summed E-state index contributed by atoms with van der Waals surface area (Å²) in [6.07, 6.45) is 9.69. The molecule has 106 valence electrons. The lowest BCUT2D eigenvalue weighted by Gasteiger charge is -1.91. The maximum Gasteiger partial charge on any atom is 0.273 e. The highest BCUT2D eigenvalue weighted by Gasteiger charge is 2.18. The molecule has 0 amide bonds. The van der Waals surface area contributed by atoms with E-state index in [-0.39, 0.29) is 5.56 Å². The van der Waals surface area contributed by atoms with Gasteiger partial charge in [0.2, 0.25) is 0 Å². The van der Waals surface area contributed by atoms with Crippen molar-refractivity contribution in [2.24, 2.45) is 5.92 Å². The highest BCUT2D eigenvalue weighted by Crippen LogP contribution is 2.29. The van der Waals surface area contributed by atoms with Gasteiger partial charge in [0.15, 0.2) is 0 Å². The van der Waals surface area contributed by atoms with Crippen molar-refractivity contribution in [3.05, 3.63) is 50.2 Å². The van der Waals surface area contributed by atoms with Gasteiger partial charge in [-0.05, 0) is 37.0 Å². The molecule has 1 aliphatic carbocycles. The average Bonchev–Trinajstić information content (AvgIpc) is 3.08. The standard InChI is InChI=1S/C15H13ClN4O/c16-10-5-11-9(6-17-14(11)18-7-10)4-12-15(21)20-13(19-12)3-8-1-2-8/h3-8,19H,1-2H2,(H,17,18)(H,20,21)/b12-4-,13-3+. The Balaban J connectivity index is 1.88. The molecule has 1 saturated carbocycles. The number of hydrogen-bond donors (Lipinski definition) is 3. The van der Waals surface area contributed by atoms with Crippen LogP contribution in [0.25, 0.3) is 23.2 Å². The number of rotatable bonds is 2. The van der Waals surface area contributed by atoms with E-state index in [1.54, 1.807) is 12.3 Å². The quantitative estimate of drug-likeness (QED) is 0.666. The minimum absolute atomic E-state index is 0.119. The highest BCUT2D eigenvalue weighted by molar-refractivity contribution is 6.31. The molecule has 0 aromatic carbocycles. The first-order valence-electron chi connectivity index (χ1n) is 6.83. The molecule has 0 saturated heterocycles. The highest BCUT2D eigenvalue weighted by atomic mass is 35.5. The molecule has 4 rings (SSSR count). The second-order valence-corrected chi connectivity index (χ2v) is 5.79. The number of aromatic amines is 3. The van der Waals surface area contributed by atoms with E-state index in [2.05, 4.69) is 26.0 Å². The Morgan fingerprint density at radius 2 is 2.19 bits per heavy atom. The van der Waals surface area contributed by atoms with Crippen molar-refractivity contribution in [1.82, 2.24) is 19.9 Å². The van der Waals surface area contributed by atoms with Crippen LogP contribution in [-0.2, 0) is 0 Å². The zero-order chi connectivity index (χ0) is 14.4. The van der Waals surface area contributed by atoms with Crippen LogP contribution in [0.2, 0.25) is 5.02 Å². The lowest BCUT2D eigenvalue weighted by molar-refractivity contribution is 1.11. The van der Waals surface area contributed by atoms with Gasteiger partial charge in [0.05, 0.1) is 5.02 Å². The smallest absolute Gasteiger partial charge is 0.273 e. The fourth-order valence-corrected chi connectivity index (χ4v) is 2.54. The molecule has 1 aliphatic rings. The number of H-pyrrole nitrogens is 3. The Morgan fingerprint density at radius 1 is 1.33 bits per heavy atom. The Labute approximate surface area is 124 Å². The molecule has 6 heteroatoms. The van der Waals surface area contributed by atoms with Crippen LogP contribution in [0.3, 0.4) is 0 Å². The van der Waals surface area contributed by atoms with Crippen molar-refractivity contribution in [2.75, 3.05) is 0 Å². The molecule has 0 atom stereocenters. The van der Waals surface area contributed by atoms with Gasteiger partial charge in [-0.1, -0.05) is 11.6 Å². The van der Waals surface area contributed by atoms with E-state index in [0.29, 0.717) is 16.3 Å². The second-order valence-electron chi connectivity index (χ2n) is 5.35. The largest absolute Gasteiger partial charge is 0.346 e. The molecule has 21 heavy (non-hydrogen) atoms. The Kier molecular flexibility index (Phi) is 2.75. The summed E-state index contributed by atoms with van der Waals surface area (Å²) in [5, 5.41) is 1.99.